The molecule has 0 saturated heterocycles. The molecular formula is C23H21NS. The molecule has 2 bridgehead atoms. The summed E-state index contributed by atoms with van der Waals surface area (Å²) in [5, 5.41) is 4.54. The fraction of sp³-hybridized carbons (Fsp3) is 0.391. The zero-order valence-electron chi connectivity index (χ0n) is 14.3. The zero-order chi connectivity index (χ0) is 16.1. The molecule has 1 saturated carbocycles. The summed E-state index contributed by atoms with van der Waals surface area (Å²) in [4.78, 5) is 1.57. The van der Waals surface area contributed by atoms with E-state index in [-0.39, 0.29) is 0 Å². The van der Waals surface area contributed by atoms with Crippen LogP contribution < -0.4 is 5.32 Å². The number of rotatable bonds is 0. The van der Waals surface area contributed by atoms with Crippen LogP contribution in [-0.2, 0) is 12.8 Å². The van der Waals surface area contributed by atoms with E-state index in [4.69, 9.17) is 0 Å². The number of allylic oxidation sites excluding steroid dienone is 6. The highest BCUT2D eigenvalue weighted by Gasteiger charge is 2.43. The molecule has 1 fully saturated rings. The Hall–Kier alpha value is -1.67. The quantitative estimate of drug-likeness (QED) is 0.699. The Kier molecular flexibility index (Phi) is 2.45. The van der Waals surface area contributed by atoms with Gasteiger partial charge in [0.1, 0.15) is 0 Å². The van der Waals surface area contributed by atoms with E-state index in [0.717, 1.165) is 5.25 Å². The molecule has 4 aliphatic carbocycles. The van der Waals surface area contributed by atoms with Crippen LogP contribution >= 0.6 is 11.8 Å². The molecule has 7 rings (SSSR count). The van der Waals surface area contributed by atoms with Crippen LogP contribution in [-0.4, -0.2) is 5.25 Å². The summed E-state index contributed by atoms with van der Waals surface area (Å²) in [6.45, 7) is 0. The molecule has 6 aliphatic rings. The lowest BCUT2D eigenvalue weighted by Gasteiger charge is -2.29. The lowest BCUT2D eigenvalue weighted by molar-refractivity contribution is 0.560. The highest BCUT2D eigenvalue weighted by Crippen LogP contribution is 2.56. The van der Waals surface area contributed by atoms with Crippen LogP contribution in [0, 0.1) is 5.92 Å². The number of hydrogen-bond acceptors (Lipinski definition) is 2. The third kappa shape index (κ3) is 1.76. The first-order chi connectivity index (χ1) is 12.3. The predicted molar refractivity (Wildman–Crippen MR) is 103 cm³/mol. The standard InChI is InChI=1S/C23H21NS/c1-2-13-5-12(1)6-16-17-11-23-19(10-21(17)24-20(16)7-13)18-8-14-3-4-15(14)9-22(18)25-23/h6-10,17,19,23-24H,1-5,11H2. The van der Waals surface area contributed by atoms with Crippen LogP contribution in [0.5, 0.6) is 0 Å². The molecule has 25 heavy (non-hydrogen) atoms. The monoisotopic (exact) mass is 343 g/mol. The molecule has 2 heteroatoms. The zero-order valence-corrected chi connectivity index (χ0v) is 15.1. The van der Waals surface area contributed by atoms with E-state index >= 15 is 0 Å². The number of nitrogens with one attached hydrogen (secondary N) is 1. The van der Waals surface area contributed by atoms with Crippen LogP contribution in [0.4, 0.5) is 0 Å². The Bertz CT molecular complexity index is 974. The first-order valence-corrected chi connectivity index (χ1v) is 10.6. The Labute approximate surface area is 153 Å². The topological polar surface area (TPSA) is 12.0 Å². The van der Waals surface area contributed by atoms with Gasteiger partial charge in [-0.1, -0.05) is 29.4 Å². The molecule has 2 heterocycles. The van der Waals surface area contributed by atoms with E-state index in [0.29, 0.717) is 11.8 Å². The van der Waals surface area contributed by atoms with Crippen LogP contribution in [0.25, 0.3) is 0 Å². The molecule has 1 aromatic rings. The van der Waals surface area contributed by atoms with E-state index in [1.807, 2.05) is 0 Å². The molecule has 0 aromatic heterocycles. The maximum atomic E-state index is 3.81. The van der Waals surface area contributed by atoms with Crippen molar-refractivity contribution in [3.8, 4) is 0 Å². The van der Waals surface area contributed by atoms with Gasteiger partial charge in [-0.3, -0.25) is 0 Å². The number of hydrogen-bond donors (Lipinski definition) is 1. The maximum Gasteiger partial charge on any atom is 0.0420 e. The highest BCUT2D eigenvalue weighted by molar-refractivity contribution is 8.00. The predicted octanol–water partition coefficient (Wildman–Crippen LogP) is 5.15. The molecule has 0 amide bonds. The van der Waals surface area contributed by atoms with Gasteiger partial charge < -0.3 is 5.32 Å². The van der Waals surface area contributed by atoms with Gasteiger partial charge in [-0.25, -0.2) is 0 Å². The van der Waals surface area contributed by atoms with Gasteiger partial charge in [0.2, 0.25) is 0 Å². The number of aryl methyl sites for hydroxylation is 2. The van der Waals surface area contributed by atoms with Crippen LogP contribution in [0.1, 0.15) is 48.3 Å². The molecule has 3 unspecified atom stereocenters. The average Bonchev–Trinajstić information content (AvgIpc) is 3.20. The van der Waals surface area contributed by atoms with Gasteiger partial charge in [-0.15, -0.1) is 11.8 Å². The number of fused-ring (bicyclic) bond motifs is 8. The third-order valence-electron chi connectivity index (χ3n) is 7.13. The van der Waals surface area contributed by atoms with Crippen molar-refractivity contribution in [3.63, 3.8) is 0 Å². The van der Waals surface area contributed by atoms with Crippen molar-refractivity contribution in [3.05, 3.63) is 75.2 Å². The smallest absolute Gasteiger partial charge is 0.0420 e. The first-order valence-electron chi connectivity index (χ1n) is 9.76. The number of benzene rings is 1. The fourth-order valence-electron chi connectivity index (χ4n) is 5.70. The van der Waals surface area contributed by atoms with E-state index in [9.17, 15) is 0 Å². The second-order valence-corrected chi connectivity index (χ2v) is 9.81. The van der Waals surface area contributed by atoms with Gasteiger partial charge in [0.25, 0.3) is 0 Å². The molecule has 1 nitrogen and oxygen atoms in total. The van der Waals surface area contributed by atoms with Crippen molar-refractivity contribution in [2.75, 3.05) is 0 Å². The van der Waals surface area contributed by atoms with Gasteiger partial charge in [0.15, 0.2) is 0 Å². The van der Waals surface area contributed by atoms with E-state index in [2.05, 4.69) is 47.4 Å². The van der Waals surface area contributed by atoms with Crippen LogP contribution in [0.2, 0.25) is 0 Å². The second kappa shape index (κ2) is 4.54. The van der Waals surface area contributed by atoms with Gasteiger partial charge in [-0.2, -0.15) is 0 Å². The fourth-order valence-corrected chi connectivity index (χ4v) is 7.23. The molecule has 2 aliphatic heterocycles. The van der Waals surface area contributed by atoms with E-state index in [1.54, 1.807) is 38.3 Å². The molecule has 1 N–H and O–H groups in total. The largest absolute Gasteiger partial charge is 0.358 e. The van der Waals surface area contributed by atoms with Gasteiger partial charge >= 0.3 is 0 Å². The molecular weight excluding hydrogens is 322 g/mol. The summed E-state index contributed by atoms with van der Waals surface area (Å²) >= 11 is 2.15. The summed E-state index contributed by atoms with van der Waals surface area (Å²) in [5.41, 5.74) is 12.6. The molecule has 1 aromatic carbocycles. The normalized spacial score (nSPS) is 33.0. The van der Waals surface area contributed by atoms with Crippen molar-refractivity contribution >= 4 is 11.8 Å². The molecule has 3 atom stereocenters. The lowest BCUT2D eigenvalue weighted by Crippen LogP contribution is -2.24. The summed E-state index contributed by atoms with van der Waals surface area (Å²) in [6.07, 6.45) is 15.2. The SMILES string of the molecule is C1=C2CCC(=CC3=C1NC1=CC4c5cc6c(cc5SC4CC13)CC6)C2. The van der Waals surface area contributed by atoms with E-state index < -0.39 is 0 Å². The Morgan fingerprint density at radius 3 is 2.68 bits per heavy atom. The summed E-state index contributed by atoms with van der Waals surface area (Å²) in [5.74, 6) is 1.22. The van der Waals surface area contributed by atoms with E-state index in [1.165, 1.54) is 49.9 Å². The van der Waals surface area contributed by atoms with Crippen LogP contribution in [0.15, 0.2) is 63.4 Å². The molecule has 124 valence electrons. The van der Waals surface area contributed by atoms with Crippen molar-refractivity contribution in [2.45, 2.75) is 54.6 Å². The van der Waals surface area contributed by atoms with Gasteiger partial charge in [0.05, 0.1) is 0 Å². The average molecular weight is 343 g/mol. The lowest BCUT2D eigenvalue weighted by atomic mass is 9.78. The second-order valence-electron chi connectivity index (χ2n) is 8.53. The maximum absolute atomic E-state index is 3.81. The van der Waals surface area contributed by atoms with Crippen molar-refractivity contribution in [2.24, 2.45) is 5.92 Å². The summed E-state index contributed by atoms with van der Waals surface area (Å²) in [6, 6.07) is 5.03. The molecule has 0 radical (unpaired) electrons. The van der Waals surface area contributed by atoms with Crippen molar-refractivity contribution < 1.29 is 0 Å². The summed E-state index contributed by atoms with van der Waals surface area (Å²) in [7, 11) is 0. The minimum absolute atomic E-state index is 0.603. The molecule has 0 spiro atoms. The Morgan fingerprint density at radius 2 is 1.80 bits per heavy atom. The Balaban J connectivity index is 1.31. The van der Waals surface area contributed by atoms with Crippen LogP contribution in [0.3, 0.4) is 0 Å². The minimum atomic E-state index is 0.603. The van der Waals surface area contributed by atoms with Crippen molar-refractivity contribution in [1.82, 2.24) is 5.32 Å². The first kappa shape index (κ1) is 13.5. The van der Waals surface area contributed by atoms with Gasteiger partial charge in [0, 0.05) is 33.4 Å². The third-order valence-corrected chi connectivity index (χ3v) is 8.53. The highest BCUT2D eigenvalue weighted by atomic mass is 32.2. The minimum Gasteiger partial charge on any atom is -0.358 e. The van der Waals surface area contributed by atoms with Gasteiger partial charge in [-0.05, 0) is 72.9 Å². The van der Waals surface area contributed by atoms with Crippen molar-refractivity contribution in [1.29, 1.82) is 0 Å². The Morgan fingerprint density at radius 1 is 0.960 bits per heavy atom. The number of thioether (sulfide) groups is 1. The summed E-state index contributed by atoms with van der Waals surface area (Å²) < 4.78 is 0.